The molecule has 0 radical (unpaired) electrons. The number of nitrogens with zero attached hydrogens (tertiary/aromatic N) is 3. The average Bonchev–Trinajstić information content (AvgIpc) is 2.83. The van der Waals surface area contributed by atoms with Gasteiger partial charge in [0.15, 0.2) is 5.69 Å². The standard InChI is InChI=1S/C13H15N3O4/c1-8-4-5-11(20-3)9(6-8)16-10(7-19-2)12(13(17)18)14-15-16/h4-6H,7H2,1-3H3,(H,17,18). The Morgan fingerprint density at radius 1 is 1.40 bits per heavy atom. The van der Waals surface area contributed by atoms with E-state index in [4.69, 9.17) is 14.6 Å². The number of aryl methyl sites for hydroxylation is 1. The van der Waals surface area contributed by atoms with E-state index in [1.54, 1.807) is 13.2 Å². The second kappa shape index (κ2) is 5.70. The van der Waals surface area contributed by atoms with Crippen molar-refractivity contribution >= 4 is 5.97 Å². The summed E-state index contributed by atoms with van der Waals surface area (Å²) in [5, 5.41) is 16.7. The first kappa shape index (κ1) is 14.0. The summed E-state index contributed by atoms with van der Waals surface area (Å²) in [6.07, 6.45) is 0. The first-order valence-electron chi connectivity index (χ1n) is 5.90. The van der Waals surface area contributed by atoms with E-state index in [9.17, 15) is 4.79 Å². The van der Waals surface area contributed by atoms with E-state index in [0.717, 1.165) is 5.56 Å². The third-order valence-electron chi connectivity index (χ3n) is 2.81. The molecule has 0 saturated heterocycles. The Hall–Kier alpha value is -2.41. The molecule has 0 aliphatic rings. The van der Waals surface area contributed by atoms with E-state index in [2.05, 4.69) is 10.3 Å². The van der Waals surface area contributed by atoms with Crippen molar-refractivity contribution in [3.63, 3.8) is 0 Å². The van der Waals surface area contributed by atoms with E-state index in [0.29, 0.717) is 17.1 Å². The van der Waals surface area contributed by atoms with Crippen molar-refractivity contribution in [3.8, 4) is 11.4 Å². The summed E-state index contributed by atoms with van der Waals surface area (Å²) >= 11 is 0. The summed E-state index contributed by atoms with van der Waals surface area (Å²) in [7, 11) is 3.02. The second-order valence-corrected chi connectivity index (χ2v) is 4.21. The van der Waals surface area contributed by atoms with Crippen LogP contribution < -0.4 is 4.74 Å². The van der Waals surface area contributed by atoms with Crippen LogP contribution in [0.4, 0.5) is 0 Å². The lowest BCUT2D eigenvalue weighted by atomic mass is 10.2. The molecule has 0 fully saturated rings. The van der Waals surface area contributed by atoms with Crippen molar-refractivity contribution in [2.24, 2.45) is 0 Å². The Kier molecular flexibility index (Phi) is 3.99. The number of methoxy groups -OCH3 is 2. The fourth-order valence-corrected chi connectivity index (χ4v) is 1.89. The smallest absolute Gasteiger partial charge is 0.358 e. The number of aromatic carboxylic acids is 1. The molecule has 0 aliphatic carbocycles. The van der Waals surface area contributed by atoms with Crippen LogP contribution in [0.1, 0.15) is 21.7 Å². The normalized spacial score (nSPS) is 10.6. The molecule has 0 atom stereocenters. The number of carboxylic acid groups (broad SMARTS) is 1. The molecule has 1 aromatic carbocycles. The van der Waals surface area contributed by atoms with Gasteiger partial charge in [0.2, 0.25) is 0 Å². The molecule has 0 saturated carbocycles. The molecule has 1 N–H and O–H groups in total. The number of benzene rings is 1. The van der Waals surface area contributed by atoms with Crippen molar-refractivity contribution in [2.75, 3.05) is 14.2 Å². The maximum absolute atomic E-state index is 11.2. The molecular weight excluding hydrogens is 262 g/mol. The largest absolute Gasteiger partial charge is 0.494 e. The number of carbonyl (C=O) groups is 1. The fraction of sp³-hybridized carbons (Fsp3) is 0.308. The molecule has 0 spiro atoms. The summed E-state index contributed by atoms with van der Waals surface area (Å²) in [5.41, 5.74) is 1.86. The number of carboxylic acids is 1. The van der Waals surface area contributed by atoms with E-state index in [-0.39, 0.29) is 12.3 Å². The molecule has 20 heavy (non-hydrogen) atoms. The Balaban J connectivity index is 2.63. The highest BCUT2D eigenvalue weighted by Crippen LogP contribution is 2.25. The van der Waals surface area contributed by atoms with Gasteiger partial charge in [0.1, 0.15) is 17.1 Å². The number of hydrogen-bond acceptors (Lipinski definition) is 5. The minimum absolute atomic E-state index is 0.0890. The van der Waals surface area contributed by atoms with Crippen LogP contribution in [-0.2, 0) is 11.3 Å². The zero-order chi connectivity index (χ0) is 14.7. The molecule has 7 heteroatoms. The Labute approximate surface area is 115 Å². The average molecular weight is 277 g/mol. The number of rotatable bonds is 5. The van der Waals surface area contributed by atoms with Crippen molar-refractivity contribution in [1.29, 1.82) is 0 Å². The van der Waals surface area contributed by atoms with Gasteiger partial charge in [0, 0.05) is 7.11 Å². The molecule has 106 valence electrons. The highest BCUT2D eigenvalue weighted by atomic mass is 16.5. The van der Waals surface area contributed by atoms with E-state index in [1.165, 1.54) is 11.8 Å². The molecule has 0 bridgehead atoms. The number of hydrogen-bond donors (Lipinski definition) is 1. The van der Waals surface area contributed by atoms with Gasteiger partial charge in [-0.1, -0.05) is 11.3 Å². The van der Waals surface area contributed by atoms with Crippen molar-refractivity contribution in [3.05, 3.63) is 35.2 Å². The quantitative estimate of drug-likeness (QED) is 0.889. The topological polar surface area (TPSA) is 86.5 Å². The van der Waals surface area contributed by atoms with Gasteiger partial charge in [-0.2, -0.15) is 0 Å². The van der Waals surface area contributed by atoms with E-state index >= 15 is 0 Å². The Bertz CT molecular complexity index is 637. The molecule has 0 unspecified atom stereocenters. The zero-order valence-corrected chi connectivity index (χ0v) is 11.5. The molecule has 0 aliphatic heterocycles. The van der Waals surface area contributed by atoms with Crippen LogP contribution in [0, 0.1) is 6.92 Å². The van der Waals surface area contributed by atoms with Crippen molar-refractivity contribution < 1.29 is 19.4 Å². The first-order valence-corrected chi connectivity index (χ1v) is 5.90. The van der Waals surface area contributed by atoms with E-state index < -0.39 is 5.97 Å². The summed E-state index contributed by atoms with van der Waals surface area (Å²) < 4.78 is 11.7. The Morgan fingerprint density at radius 2 is 2.15 bits per heavy atom. The van der Waals surface area contributed by atoms with Crippen LogP contribution >= 0.6 is 0 Å². The summed E-state index contributed by atoms with van der Waals surface area (Å²) in [6, 6.07) is 5.54. The number of aromatic nitrogens is 3. The van der Waals surface area contributed by atoms with E-state index in [1.807, 2.05) is 19.1 Å². The predicted octanol–water partition coefficient (Wildman–Crippen LogP) is 1.43. The molecule has 2 rings (SSSR count). The number of ether oxygens (including phenoxy) is 2. The van der Waals surface area contributed by atoms with Crippen molar-refractivity contribution in [2.45, 2.75) is 13.5 Å². The van der Waals surface area contributed by atoms with Gasteiger partial charge in [-0.3, -0.25) is 0 Å². The van der Waals surface area contributed by atoms with Gasteiger partial charge in [-0.25, -0.2) is 9.48 Å². The molecular formula is C13H15N3O4. The summed E-state index contributed by atoms with van der Waals surface area (Å²) in [4.78, 5) is 11.2. The van der Waals surface area contributed by atoms with Crippen LogP contribution in [-0.4, -0.2) is 40.3 Å². The molecule has 2 aromatic rings. The Morgan fingerprint density at radius 3 is 2.75 bits per heavy atom. The lowest BCUT2D eigenvalue weighted by Gasteiger charge is -2.11. The van der Waals surface area contributed by atoms with Crippen LogP contribution in [0.25, 0.3) is 5.69 Å². The minimum Gasteiger partial charge on any atom is -0.494 e. The summed E-state index contributed by atoms with van der Waals surface area (Å²) in [5.74, 6) is -0.565. The molecule has 7 nitrogen and oxygen atoms in total. The van der Waals surface area contributed by atoms with Crippen LogP contribution in [0.3, 0.4) is 0 Å². The van der Waals surface area contributed by atoms with Gasteiger partial charge in [-0.05, 0) is 24.6 Å². The first-order chi connectivity index (χ1) is 9.58. The molecule has 1 heterocycles. The molecule has 0 amide bonds. The SMILES string of the molecule is COCc1c(C(=O)O)nnn1-c1cc(C)ccc1OC. The lowest BCUT2D eigenvalue weighted by Crippen LogP contribution is -2.09. The van der Waals surface area contributed by atoms with Gasteiger partial charge in [0.25, 0.3) is 0 Å². The van der Waals surface area contributed by atoms with Crippen LogP contribution in [0.5, 0.6) is 5.75 Å². The predicted molar refractivity (Wildman–Crippen MR) is 70.3 cm³/mol. The summed E-state index contributed by atoms with van der Waals surface area (Å²) in [6.45, 7) is 2.01. The maximum Gasteiger partial charge on any atom is 0.358 e. The molecule has 1 aromatic heterocycles. The third kappa shape index (κ3) is 2.48. The lowest BCUT2D eigenvalue weighted by molar-refractivity contribution is 0.0685. The van der Waals surface area contributed by atoms with Crippen LogP contribution in [0.2, 0.25) is 0 Å². The second-order valence-electron chi connectivity index (χ2n) is 4.21. The van der Waals surface area contributed by atoms with Crippen molar-refractivity contribution in [1.82, 2.24) is 15.0 Å². The highest BCUT2D eigenvalue weighted by molar-refractivity contribution is 5.86. The maximum atomic E-state index is 11.2. The highest BCUT2D eigenvalue weighted by Gasteiger charge is 2.21. The van der Waals surface area contributed by atoms with Gasteiger partial charge >= 0.3 is 5.97 Å². The third-order valence-corrected chi connectivity index (χ3v) is 2.81. The minimum atomic E-state index is -1.14. The van der Waals surface area contributed by atoms with Gasteiger partial charge in [0.05, 0.1) is 13.7 Å². The monoisotopic (exact) mass is 277 g/mol. The van der Waals surface area contributed by atoms with Crippen LogP contribution in [0.15, 0.2) is 18.2 Å². The fourth-order valence-electron chi connectivity index (χ4n) is 1.89. The zero-order valence-electron chi connectivity index (χ0n) is 11.5. The van der Waals surface area contributed by atoms with Gasteiger partial charge in [-0.15, -0.1) is 5.10 Å². The van der Waals surface area contributed by atoms with Gasteiger partial charge < -0.3 is 14.6 Å².